The Bertz CT molecular complexity index is 714. The zero-order valence-electron chi connectivity index (χ0n) is 16.1. The Kier molecular flexibility index (Phi) is 7.71. The summed E-state index contributed by atoms with van der Waals surface area (Å²) < 4.78 is 0. The summed E-state index contributed by atoms with van der Waals surface area (Å²) in [5.74, 6) is -0.0242. The van der Waals surface area contributed by atoms with Crippen molar-refractivity contribution < 1.29 is 9.59 Å². The van der Waals surface area contributed by atoms with Crippen molar-refractivity contribution in [3.63, 3.8) is 0 Å². The molecule has 2 rings (SSSR count). The smallest absolute Gasteiger partial charge is 0.246 e. The first-order valence-electron chi connectivity index (χ1n) is 9.09. The van der Waals surface area contributed by atoms with Crippen molar-refractivity contribution in [2.75, 3.05) is 32.7 Å². The van der Waals surface area contributed by atoms with E-state index in [-0.39, 0.29) is 17.4 Å². The second kappa shape index (κ2) is 9.58. The van der Waals surface area contributed by atoms with E-state index in [0.717, 1.165) is 18.5 Å². The summed E-state index contributed by atoms with van der Waals surface area (Å²) in [6.45, 7) is 9.03. The molecule has 0 aromatic heterocycles. The largest absolute Gasteiger partial charge is 0.350 e. The first kappa shape index (κ1) is 21.7. The van der Waals surface area contributed by atoms with Crippen LogP contribution in [0.1, 0.15) is 32.8 Å². The minimum atomic E-state index is -0.236. The van der Waals surface area contributed by atoms with Crippen LogP contribution in [0.5, 0.6) is 0 Å². The van der Waals surface area contributed by atoms with Gasteiger partial charge in [-0.2, -0.15) is 0 Å². The standard InChI is InChI=1S/C20H27Cl2N3O2/c1-20(2,3)23-18(26)14-24-9-4-10-25(12-11-24)19(27)8-6-15-5-7-16(21)17(22)13-15/h5-8,13H,4,9-12,14H2,1-3H3,(H,23,26)/b8-6+. The summed E-state index contributed by atoms with van der Waals surface area (Å²) in [5.41, 5.74) is 0.591. The third-order valence-corrected chi connectivity index (χ3v) is 4.88. The number of nitrogens with one attached hydrogen (secondary N) is 1. The SMILES string of the molecule is CC(C)(C)NC(=O)CN1CCCN(C(=O)/C=C/c2ccc(Cl)c(Cl)c2)CC1. The van der Waals surface area contributed by atoms with Crippen molar-refractivity contribution in [2.45, 2.75) is 32.7 Å². The molecule has 0 unspecified atom stereocenters. The maximum atomic E-state index is 12.5. The molecule has 7 heteroatoms. The highest BCUT2D eigenvalue weighted by Gasteiger charge is 2.21. The highest BCUT2D eigenvalue weighted by molar-refractivity contribution is 6.42. The van der Waals surface area contributed by atoms with E-state index in [1.165, 1.54) is 0 Å². The van der Waals surface area contributed by atoms with E-state index in [1.54, 1.807) is 24.3 Å². The molecule has 27 heavy (non-hydrogen) atoms. The quantitative estimate of drug-likeness (QED) is 0.771. The molecule has 2 amide bonds. The Labute approximate surface area is 171 Å². The summed E-state index contributed by atoms with van der Waals surface area (Å²) >= 11 is 11.9. The molecule has 1 saturated heterocycles. The van der Waals surface area contributed by atoms with Crippen LogP contribution < -0.4 is 5.32 Å². The van der Waals surface area contributed by atoms with E-state index in [9.17, 15) is 9.59 Å². The first-order valence-corrected chi connectivity index (χ1v) is 9.85. The zero-order chi connectivity index (χ0) is 20.0. The molecule has 1 aliphatic heterocycles. The number of carbonyl (C=O) groups excluding carboxylic acids is 2. The van der Waals surface area contributed by atoms with Gasteiger partial charge in [-0.05, 0) is 51.0 Å². The molecule has 1 aromatic carbocycles. The number of hydrogen-bond acceptors (Lipinski definition) is 3. The monoisotopic (exact) mass is 411 g/mol. The van der Waals surface area contributed by atoms with Gasteiger partial charge in [-0.15, -0.1) is 0 Å². The molecule has 0 aliphatic carbocycles. The topological polar surface area (TPSA) is 52.7 Å². The highest BCUT2D eigenvalue weighted by atomic mass is 35.5. The van der Waals surface area contributed by atoms with Gasteiger partial charge in [0, 0.05) is 37.8 Å². The fraction of sp³-hybridized carbons (Fsp3) is 0.500. The lowest BCUT2D eigenvalue weighted by Crippen LogP contribution is -2.46. The molecule has 0 bridgehead atoms. The maximum Gasteiger partial charge on any atom is 0.246 e. The molecule has 0 saturated carbocycles. The van der Waals surface area contributed by atoms with E-state index in [4.69, 9.17) is 23.2 Å². The van der Waals surface area contributed by atoms with Crippen LogP contribution in [0, 0.1) is 0 Å². The number of rotatable bonds is 4. The highest BCUT2D eigenvalue weighted by Crippen LogP contribution is 2.23. The van der Waals surface area contributed by atoms with Gasteiger partial charge in [-0.25, -0.2) is 0 Å². The third kappa shape index (κ3) is 7.53. The second-order valence-electron chi connectivity index (χ2n) is 7.76. The van der Waals surface area contributed by atoms with Crippen LogP contribution in [-0.2, 0) is 9.59 Å². The Morgan fingerprint density at radius 3 is 2.52 bits per heavy atom. The van der Waals surface area contributed by atoms with Gasteiger partial charge in [0.1, 0.15) is 0 Å². The van der Waals surface area contributed by atoms with Crippen LogP contribution in [0.3, 0.4) is 0 Å². The number of nitrogens with zero attached hydrogens (tertiary/aromatic N) is 2. The molecule has 1 fully saturated rings. The van der Waals surface area contributed by atoms with E-state index in [1.807, 2.05) is 31.7 Å². The normalized spacial score (nSPS) is 16.4. The minimum Gasteiger partial charge on any atom is -0.350 e. The lowest BCUT2D eigenvalue weighted by molar-refractivity contribution is -0.125. The summed E-state index contributed by atoms with van der Waals surface area (Å²) in [7, 11) is 0. The van der Waals surface area contributed by atoms with Crippen LogP contribution in [0.25, 0.3) is 6.08 Å². The predicted molar refractivity (Wildman–Crippen MR) is 111 cm³/mol. The lowest BCUT2D eigenvalue weighted by Gasteiger charge is -2.24. The molecule has 1 heterocycles. The van der Waals surface area contributed by atoms with E-state index >= 15 is 0 Å². The van der Waals surface area contributed by atoms with Gasteiger partial charge >= 0.3 is 0 Å². The number of benzene rings is 1. The van der Waals surface area contributed by atoms with Crippen LogP contribution in [0.4, 0.5) is 0 Å². The zero-order valence-corrected chi connectivity index (χ0v) is 17.6. The van der Waals surface area contributed by atoms with E-state index < -0.39 is 0 Å². The van der Waals surface area contributed by atoms with Crippen LogP contribution in [0.2, 0.25) is 10.0 Å². The van der Waals surface area contributed by atoms with Crippen molar-refractivity contribution in [3.8, 4) is 0 Å². The van der Waals surface area contributed by atoms with E-state index in [2.05, 4.69) is 10.2 Å². The van der Waals surface area contributed by atoms with Crippen molar-refractivity contribution in [1.29, 1.82) is 0 Å². The maximum absolute atomic E-state index is 12.5. The number of amides is 2. The third-order valence-electron chi connectivity index (χ3n) is 4.14. The van der Waals surface area contributed by atoms with Crippen LogP contribution in [-0.4, -0.2) is 59.9 Å². The van der Waals surface area contributed by atoms with Crippen LogP contribution in [0.15, 0.2) is 24.3 Å². The summed E-state index contributed by atoms with van der Waals surface area (Å²) in [6.07, 6.45) is 4.14. The average Bonchev–Trinajstić information content (AvgIpc) is 2.79. The van der Waals surface area contributed by atoms with Gasteiger partial charge in [-0.3, -0.25) is 14.5 Å². The Morgan fingerprint density at radius 2 is 1.85 bits per heavy atom. The van der Waals surface area contributed by atoms with Gasteiger partial charge in [0.05, 0.1) is 16.6 Å². The molecular formula is C20H27Cl2N3O2. The second-order valence-corrected chi connectivity index (χ2v) is 8.57. The molecule has 0 spiro atoms. The molecular weight excluding hydrogens is 385 g/mol. The number of carbonyl (C=O) groups is 2. The molecule has 1 aromatic rings. The average molecular weight is 412 g/mol. The summed E-state index contributed by atoms with van der Waals surface area (Å²) in [4.78, 5) is 28.5. The van der Waals surface area contributed by atoms with Gasteiger partial charge in [0.25, 0.3) is 0 Å². The number of hydrogen-bond donors (Lipinski definition) is 1. The van der Waals surface area contributed by atoms with Crippen molar-refractivity contribution in [2.24, 2.45) is 0 Å². The number of halogens is 2. The first-order chi connectivity index (χ1) is 12.6. The lowest BCUT2D eigenvalue weighted by atomic mass is 10.1. The Hall–Kier alpha value is -1.56. The van der Waals surface area contributed by atoms with Gasteiger partial charge < -0.3 is 10.2 Å². The molecule has 1 aliphatic rings. The summed E-state index contributed by atoms with van der Waals surface area (Å²) in [6, 6.07) is 5.25. The molecule has 0 radical (unpaired) electrons. The molecule has 5 nitrogen and oxygen atoms in total. The van der Waals surface area contributed by atoms with Crippen LogP contribution >= 0.6 is 23.2 Å². The summed E-state index contributed by atoms with van der Waals surface area (Å²) in [5, 5.41) is 3.93. The van der Waals surface area contributed by atoms with Gasteiger partial charge in [0.15, 0.2) is 0 Å². The minimum absolute atomic E-state index is 0.0155. The Morgan fingerprint density at radius 1 is 1.11 bits per heavy atom. The van der Waals surface area contributed by atoms with Crippen molar-refractivity contribution >= 4 is 41.1 Å². The fourth-order valence-corrected chi connectivity index (χ4v) is 3.21. The van der Waals surface area contributed by atoms with Crippen molar-refractivity contribution in [3.05, 3.63) is 39.9 Å². The molecule has 1 N–H and O–H groups in total. The van der Waals surface area contributed by atoms with Gasteiger partial charge in [0.2, 0.25) is 11.8 Å². The van der Waals surface area contributed by atoms with E-state index in [0.29, 0.717) is 36.2 Å². The van der Waals surface area contributed by atoms with Gasteiger partial charge in [-0.1, -0.05) is 29.3 Å². The predicted octanol–water partition coefficient (Wildman–Crippen LogP) is 3.46. The molecule has 148 valence electrons. The van der Waals surface area contributed by atoms with Crippen molar-refractivity contribution in [1.82, 2.24) is 15.1 Å². The fourth-order valence-electron chi connectivity index (χ4n) is 2.90. The Balaban J connectivity index is 1.87. The molecule has 0 atom stereocenters.